The molecule has 0 aliphatic heterocycles. The van der Waals surface area contributed by atoms with Gasteiger partial charge in [-0.15, -0.1) is 0 Å². The van der Waals surface area contributed by atoms with Gasteiger partial charge < -0.3 is 35.4 Å². The van der Waals surface area contributed by atoms with Gasteiger partial charge in [0, 0.05) is 13.2 Å². The van der Waals surface area contributed by atoms with Crippen molar-refractivity contribution in [3.05, 3.63) is 0 Å². The van der Waals surface area contributed by atoms with Crippen LogP contribution < -0.4 is 0 Å². The monoisotopic (exact) mass is 286 g/mol. The molecular weight excluding hydrogens is 256 g/mol. The molecule has 7 heteroatoms. The van der Waals surface area contributed by atoms with Gasteiger partial charge in [0.2, 0.25) is 0 Å². The largest absolute Gasteiger partial charge is 0.396 e. The van der Waals surface area contributed by atoms with E-state index in [0.717, 1.165) is 13.2 Å². The van der Waals surface area contributed by atoms with E-state index in [9.17, 15) is 0 Å². The summed E-state index contributed by atoms with van der Waals surface area (Å²) in [6.45, 7) is 5.43. The summed E-state index contributed by atoms with van der Waals surface area (Å²) in [5.41, 5.74) is -1.11. The summed E-state index contributed by atoms with van der Waals surface area (Å²) < 4.78 is 4.83. The Morgan fingerprint density at radius 1 is 0.842 bits per heavy atom. The van der Waals surface area contributed by atoms with Crippen LogP contribution in [0, 0.1) is 5.41 Å². The minimum Gasteiger partial charge on any atom is -0.396 e. The first kappa shape index (κ1) is 23.8. The summed E-state index contributed by atoms with van der Waals surface area (Å²) in [5, 5.41) is 50.0. The molecule has 0 fully saturated rings. The lowest BCUT2D eigenvalue weighted by atomic mass is 9.93. The van der Waals surface area contributed by atoms with E-state index in [1.807, 2.05) is 13.8 Å². The lowest BCUT2D eigenvalue weighted by molar-refractivity contribution is -0.0328. The van der Waals surface area contributed by atoms with Crippen LogP contribution >= 0.6 is 0 Å². The predicted octanol–water partition coefficient (Wildman–Crippen LogP) is -1.66. The first-order valence-corrected chi connectivity index (χ1v) is 6.23. The van der Waals surface area contributed by atoms with Gasteiger partial charge in [0.25, 0.3) is 0 Å². The maximum Gasteiger partial charge on any atom is 0.0742 e. The molecule has 1 atom stereocenters. The van der Waals surface area contributed by atoms with Gasteiger partial charge in [-0.25, -0.2) is 0 Å². The van der Waals surface area contributed by atoms with Crippen molar-refractivity contribution < 1.29 is 35.4 Å². The molecule has 0 radical (unpaired) electrons. The number of ether oxygens (including phenoxy) is 1. The number of aliphatic hydroxyl groups excluding tert-OH is 6. The fraction of sp³-hybridized carbons (Fsp3) is 1.00. The third-order valence-electron chi connectivity index (χ3n) is 2.01. The number of rotatable bonds is 7. The van der Waals surface area contributed by atoms with Crippen LogP contribution in [-0.2, 0) is 4.74 Å². The second-order valence-corrected chi connectivity index (χ2v) is 3.95. The van der Waals surface area contributed by atoms with Crippen molar-refractivity contribution in [1.82, 2.24) is 0 Å². The Kier molecular flexibility index (Phi) is 22.2. The van der Waals surface area contributed by atoms with Crippen molar-refractivity contribution in [2.24, 2.45) is 5.41 Å². The van der Waals surface area contributed by atoms with E-state index in [4.69, 9.17) is 35.4 Å². The zero-order valence-corrected chi connectivity index (χ0v) is 12.1. The summed E-state index contributed by atoms with van der Waals surface area (Å²) in [5.74, 6) is 0. The van der Waals surface area contributed by atoms with E-state index in [0.29, 0.717) is 0 Å². The highest BCUT2D eigenvalue weighted by atomic mass is 16.5. The van der Waals surface area contributed by atoms with Crippen molar-refractivity contribution in [3.8, 4) is 0 Å². The van der Waals surface area contributed by atoms with Crippen LogP contribution in [-0.4, -0.2) is 83.0 Å². The van der Waals surface area contributed by atoms with E-state index in [1.165, 1.54) is 6.92 Å². The van der Waals surface area contributed by atoms with Gasteiger partial charge >= 0.3 is 0 Å². The van der Waals surface area contributed by atoms with Gasteiger partial charge in [-0.3, -0.25) is 0 Å². The van der Waals surface area contributed by atoms with Gasteiger partial charge in [0.1, 0.15) is 0 Å². The van der Waals surface area contributed by atoms with Gasteiger partial charge in [-0.05, 0) is 20.8 Å². The molecule has 6 N–H and O–H groups in total. The third kappa shape index (κ3) is 17.7. The number of hydrogen-bond acceptors (Lipinski definition) is 7. The van der Waals surface area contributed by atoms with Crippen molar-refractivity contribution in [2.75, 3.05) is 46.2 Å². The predicted molar refractivity (Wildman–Crippen MR) is 71.7 cm³/mol. The molecule has 0 bridgehead atoms. The molecule has 0 aliphatic rings. The first-order valence-electron chi connectivity index (χ1n) is 6.23. The normalized spacial score (nSPS) is 11.8. The molecular formula is C12H30O7. The van der Waals surface area contributed by atoms with Crippen LogP contribution in [0.3, 0.4) is 0 Å². The Bertz CT molecular complexity index is 130. The molecule has 19 heavy (non-hydrogen) atoms. The zero-order chi connectivity index (χ0) is 15.7. The van der Waals surface area contributed by atoms with Crippen LogP contribution in [0.25, 0.3) is 0 Å². The average molecular weight is 286 g/mol. The van der Waals surface area contributed by atoms with E-state index in [1.54, 1.807) is 0 Å². The highest BCUT2D eigenvalue weighted by Gasteiger charge is 2.26. The van der Waals surface area contributed by atoms with Gasteiger partial charge in [0.15, 0.2) is 0 Å². The van der Waals surface area contributed by atoms with Crippen LogP contribution in [0.5, 0.6) is 0 Å². The maximum atomic E-state index is 8.50. The third-order valence-corrected chi connectivity index (χ3v) is 2.01. The number of hydrogen-bond donors (Lipinski definition) is 6. The summed E-state index contributed by atoms with van der Waals surface area (Å²) in [6, 6.07) is 0. The van der Waals surface area contributed by atoms with Crippen LogP contribution in [0.4, 0.5) is 0 Å². The fourth-order valence-corrected chi connectivity index (χ4v) is 0.504. The summed E-state index contributed by atoms with van der Waals surface area (Å²) >= 11 is 0. The Balaban J connectivity index is -0.000000219. The first-order chi connectivity index (χ1) is 8.93. The van der Waals surface area contributed by atoms with Crippen molar-refractivity contribution >= 4 is 0 Å². The Labute approximate surface area is 115 Å². The summed E-state index contributed by atoms with van der Waals surface area (Å²) in [7, 11) is 0. The molecule has 0 spiro atoms. The van der Waals surface area contributed by atoms with Crippen LogP contribution in [0.2, 0.25) is 0 Å². The van der Waals surface area contributed by atoms with Crippen molar-refractivity contribution in [3.63, 3.8) is 0 Å². The van der Waals surface area contributed by atoms with Crippen LogP contribution in [0.15, 0.2) is 0 Å². The van der Waals surface area contributed by atoms with E-state index < -0.39 is 37.9 Å². The molecule has 0 aromatic rings. The molecule has 0 aromatic heterocycles. The summed E-state index contributed by atoms with van der Waals surface area (Å²) in [4.78, 5) is 0. The quantitative estimate of drug-likeness (QED) is 0.330. The van der Waals surface area contributed by atoms with Gasteiger partial charge in [-0.1, -0.05) is 0 Å². The molecule has 0 rings (SSSR count). The molecule has 7 nitrogen and oxygen atoms in total. The minimum atomic E-state index is -1.11. The van der Waals surface area contributed by atoms with Crippen molar-refractivity contribution in [1.29, 1.82) is 0 Å². The van der Waals surface area contributed by atoms with E-state index in [2.05, 4.69) is 0 Å². The highest BCUT2D eigenvalue weighted by Crippen LogP contribution is 2.11. The Morgan fingerprint density at radius 2 is 1.11 bits per heavy atom. The second-order valence-electron chi connectivity index (χ2n) is 3.95. The highest BCUT2D eigenvalue weighted by molar-refractivity contribution is 4.74. The molecule has 0 amide bonds. The van der Waals surface area contributed by atoms with Crippen LogP contribution in [0.1, 0.15) is 20.8 Å². The maximum absolute atomic E-state index is 8.50. The lowest BCUT2D eigenvalue weighted by Gasteiger charge is -2.23. The Morgan fingerprint density at radius 3 is 1.11 bits per heavy atom. The minimum absolute atomic E-state index is 0.139. The molecule has 1 unspecified atom stereocenters. The molecule has 0 heterocycles. The molecule has 0 aliphatic carbocycles. The molecule has 120 valence electrons. The smallest absolute Gasteiger partial charge is 0.0742 e. The second kappa shape index (κ2) is 17.7. The van der Waals surface area contributed by atoms with Crippen molar-refractivity contribution in [2.45, 2.75) is 26.9 Å². The van der Waals surface area contributed by atoms with E-state index in [-0.39, 0.29) is 6.61 Å². The van der Waals surface area contributed by atoms with Gasteiger partial charge in [-0.2, -0.15) is 0 Å². The topological polar surface area (TPSA) is 131 Å². The molecule has 0 saturated heterocycles. The molecule has 0 aromatic carbocycles. The fourth-order valence-electron chi connectivity index (χ4n) is 0.504. The SMILES string of the molecule is CC(O)CO.CCOCC.OCC(CO)(CO)CO. The standard InChI is InChI=1S/C5H12O4.C4H10O.C3H8O2/c6-1-5(2-7,3-8)4-9;1-3-5-4-2;1-3(5)2-4/h6-9H,1-4H2;3-4H2,1-2H3;3-5H,2H2,1H3. The Hall–Kier alpha value is -0.280. The van der Waals surface area contributed by atoms with E-state index >= 15 is 0 Å². The number of aliphatic hydroxyl groups is 6. The average Bonchev–Trinajstić information content (AvgIpc) is 2.44. The zero-order valence-electron chi connectivity index (χ0n) is 12.1. The summed E-state index contributed by atoms with van der Waals surface area (Å²) in [6.07, 6.45) is -0.560. The molecule has 0 saturated carbocycles. The van der Waals surface area contributed by atoms with Gasteiger partial charge in [0.05, 0.1) is 44.6 Å². The lowest BCUT2D eigenvalue weighted by Crippen LogP contribution is -2.37.